The summed E-state index contributed by atoms with van der Waals surface area (Å²) in [5, 5.41) is 5.77. The second-order valence-corrected chi connectivity index (χ2v) is 6.15. The smallest absolute Gasteiger partial charge is 0.315 e. The van der Waals surface area contributed by atoms with Gasteiger partial charge < -0.3 is 20.1 Å². The van der Waals surface area contributed by atoms with E-state index in [9.17, 15) is 4.79 Å². The number of carbonyl (C=O) groups excluding carboxylic acids is 1. The van der Waals surface area contributed by atoms with E-state index >= 15 is 0 Å². The lowest BCUT2D eigenvalue weighted by Crippen LogP contribution is -2.36. The van der Waals surface area contributed by atoms with Crippen LogP contribution in [0.25, 0.3) is 0 Å². The normalized spacial score (nSPS) is 11.5. The molecule has 1 atom stereocenters. The van der Waals surface area contributed by atoms with E-state index in [1.807, 2.05) is 43.3 Å². The standard InChI is InChI=1S/C18H21BrN2O3/c1-12(16-6-4-5-7-17(16)19)21-18(22)20-11-13-8-14(23-2)10-15(9-13)24-3/h4-10,12H,11H2,1-3H3,(H2,20,21,22). The number of methoxy groups -OCH3 is 2. The number of hydrogen-bond acceptors (Lipinski definition) is 3. The Hall–Kier alpha value is -2.21. The van der Waals surface area contributed by atoms with Crippen molar-refractivity contribution in [2.24, 2.45) is 0 Å². The number of amides is 2. The molecule has 1 unspecified atom stereocenters. The first-order valence-corrected chi connectivity index (χ1v) is 8.33. The molecule has 0 fully saturated rings. The predicted octanol–water partition coefficient (Wildman–Crippen LogP) is 4.03. The number of ether oxygens (including phenoxy) is 2. The third-order valence-corrected chi connectivity index (χ3v) is 4.31. The summed E-state index contributed by atoms with van der Waals surface area (Å²) in [5.41, 5.74) is 1.92. The van der Waals surface area contributed by atoms with Crippen LogP contribution in [0.5, 0.6) is 11.5 Å². The highest BCUT2D eigenvalue weighted by atomic mass is 79.9. The molecule has 2 rings (SSSR count). The summed E-state index contributed by atoms with van der Waals surface area (Å²) in [5.74, 6) is 1.38. The van der Waals surface area contributed by atoms with Crippen molar-refractivity contribution in [2.45, 2.75) is 19.5 Å². The number of nitrogens with one attached hydrogen (secondary N) is 2. The van der Waals surface area contributed by atoms with Gasteiger partial charge in [-0.05, 0) is 36.2 Å². The van der Waals surface area contributed by atoms with E-state index in [0.29, 0.717) is 18.0 Å². The minimum atomic E-state index is -0.236. The number of hydrogen-bond donors (Lipinski definition) is 2. The lowest BCUT2D eigenvalue weighted by Gasteiger charge is -2.16. The zero-order valence-electron chi connectivity index (χ0n) is 13.9. The van der Waals surface area contributed by atoms with Crippen LogP contribution in [-0.2, 0) is 6.54 Å². The molecule has 0 heterocycles. The van der Waals surface area contributed by atoms with Crippen molar-refractivity contribution in [3.8, 4) is 11.5 Å². The summed E-state index contributed by atoms with van der Waals surface area (Å²) in [6.07, 6.45) is 0. The van der Waals surface area contributed by atoms with Crippen LogP contribution in [-0.4, -0.2) is 20.3 Å². The summed E-state index contributed by atoms with van der Waals surface area (Å²) < 4.78 is 11.4. The topological polar surface area (TPSA) is 59.6 Å². The lowest BCUT2D eigenvalue weighted by atomic mass is 10.1. The van der Waals surface area contributed by atoms with Gasteiger partial charge in [-0.1, -0.05) is 34.1 Å². The van der Waals surface area contributed by atoms with Crippen LogP contribution in [0, 0.1) is 0 Å². The third kappa shape index (κ3) is 4.89. The van der Waals surface area contributed by atoms with Crippen molar-refractivity contribution < 1.29 is 14.3 Å². The van der Waals surface area contributed by atoms with Crippen LogP contribution < -0.4 is 20.1 Å². The van der Waals surface area contributed by atoms with Gasteiger partial charge in [-0.3, -0.25) is 0 Å². The van der Waals surface area contributed by atoms with E-state index in [1.54, 1.807) is 20.3 Å². The molecule has 24 heavy (non-hydrogen) atoms. The Morgan fingerprint density at radius 1 is 1.12 bits per heavy atom. The van der Waals surface area contributed by atoms with Crippen LogP contribution in [0.1, 0.15) is 24.1 Å². The Balaban J connectivity index is 1.95. The number of carbonyl (C=O) groups is 1. The molecule has 6 heteroatoms. The molecule has 0 aromatic heterocycles. The summed E-state index contributed by atoms with van der Waals surface area (Å²) >= 11 is 3.49. The number of benzene rings is 2. The number of halogens is 1. The lowest BCUT2D eigenvalue weighted by molar-refractivity contribution is 0.237. The number of urea groups is 1. The summed E-state index contributed by atoms with van der Waals surface area (Å²) in [7, 11) is 3.19. The molecule has 128 valence electrons. The number of rotatable bonds is 6. The van der Waals surface area contributed by atoms with Crippen LogP contribution in [0.15, 0.2) is 46.9 Å². The first-order valence-electron chi connectivity index (χ1n) is 7.54. The minimum Gasteiger partial charge on any atom is -0.497 e. The van der Waals surface area contributed by atoms with Crippen LogP contribution in [0.4, 0.5) is 4.79 Å². The maximum Gasteiger partial charge on any atom is 0.315 e. The van der Waals surface area contributed by atoms with Gasteiger partial charge in [0.15, 0.2) is 0 Å². The predicted molar refractivity (Wildman–Crippen MR) is 97.5 cm³/mol. The van der Waals surface area contributed by atoms with Crippen molar-refractivity contribution in [1.82, 2.24) is 10.6 Å². The Kier molecular flexibility index (Phi) is 6.49. The third-order valence-electron chi connectivity index (χ3n) is 3.58. The Morgan fingerprint density at radius 3 is 2.33 bits per heavy atom. The van der Waals surface area contributed by atoms with Crippen molar-refractivity contribution in [2.75, 3.05) is 14.2 Å². The first-order chi connectivity index (χ1) is 11.5. The summed E-state index contributed by atoms with van der Waals surface area (Å²) in [6.45, 7) is 2.32. The largest absolute Gasteiger partial charge is 0.497 e. The molecule has 0 spiro atoms. The first kappa shape index (κ1) is 18.1. The molecule has 0 aliphatic carbocycles. The maximum absolute atomic E-state index is 12.1. The van der Waals surface area contributed by atoms with E-state index in [1.165, 1.54) is 0 Å². The van der Waals surface area contributed by atoms with E-state index in [2.05, 4.69) is 26.6 Å². The fraction of sp³-hybridized carbons (Fsp3) is 0.278. The molecule has 2 amide bonds. The fourth-order valence-electron chi connectivity index (χ4n) is 2.30. The quantitative estimate of drug-likeness (QED) is 0.779. The highest BCUT2D eigenvalue weighted by Crippen LogP contribution is 2.23. The van der Waals surface area contributed by atoms with Gasteiger partial charge in [-0.2, -0.15) is 0 Å². The van der Waals surface area contributed by atoms with Gasteiger partial charge in [-0.15, -0.1) is 0 Å². The monoisotopic (exact) mass is 392 g/mol. The summed E-state index contributed by atoms with van der Waals surface area (Å²) in [4.78, 5) is 12.1. The SMILES string of the molecule is COc1cc(CNC(=O)NC(C)c2ccccc2Br)cc(OC)c1. The molecule has 0 saturated carbocycles. The molecule has 0 saturated heterocycles. The van der Waals surface area contributed by atoms with Crippen molar-refractivity contribution >= 4 is 22.0 Å². The Labute approximate surface area is 150 Å². The molecular weight excluding hydrogens is 372 g/mol. The van der Waals surface area contributed by atoms with E-state index in [4.69, 9.17) is 9.47 Å². The zero-order valence-corrected chi connectivity index (χ0v) is 15.5. The second kappa shape index (κ2) is 8.59. The minimum absolute atomic E-state index is 0.111. The Morgan fingerprint density at radius 2 is 1.75 bits per heavy atom. The van der Waals surface area contributed by atoms with Gasteiger partial charge in [0.2, 0.25) is 0 Å². The van der Waals surface area contributed by atoms with Gasteiger partial charge >= 0.3 is 6.03 Å². The molecular formula is C18H21BrN2O3. The Bertz CT molecular complexity index is 684. The van der Waals surface area contributed by atoms with Crippen LogP contribution in [0.3, 0.4) is 0 Å². The molecule has 2 N–H and O–H groups in total. The highest BCUT2D eigenvalue weighted by Gasteiger charge is 2.12. The van der Waals surface area contributed by atoms with Crippen molar-refractivity contribution in [1.29, 1.82) is 0 Å². The van der Waals surface area contributed by atoms with Crippen molar-refractivity contribution in [3.05, 3.63) is 58.1 Å². The van der Waals surface area contributed by atoms with E-state index < -0.39 is 0 Å². The van der Waals surface area contributed by atoms with Gasteiger partial charge in [0.1, 0.15) is 11.5 Å². The summed E-state index contributed by atoms with van der Waals surface area (Å²) in [6, 6.07) is 13.0. The van der Waals surface area contributed by atoms with E-state index in [-0.39, 0.29) is 12.1 Å². The highest BCUT2D eigenvalue weighted by molar-refractivity contribution is 9.10. The van der Waals surface area contributed by atoms with Gasteiger partial charge in [-0.25, -0.2) is 4.79 Å². The van der Waals surface area contributed by atoms with E-state index in [0.717, 1.165) is 15.6 Å². The van der Waals surface area contributed by atoms with Crippen LogP contribution in [0.2, 0.25) is 0 Å². The molecule has 2 aromatic carbocycles. The molecule has 2 aromatic rings. The van der Waals surface area contributed by atoms with Crippen LogP contribution >= 0.6 is 15.9 Å². The fourth-order valence-corrected chi connectivity index (χ4v) is 2.93. The average molecular weight is 393 g/mol. The molecule has 5 nitrogen and oxygen atoms in total. The average Bonchev–Trinajstić information content (AvgIpc) is 2.59. The van der Waals surface area contributed by atoms with Gasteiger partial charge in [0, 0.05) is 17.1 Å². The molecule has 0 bridgehead atoms. The maximum atomic E-state index is 12.1. The van der Waals surface area contributed by atoms with Gasteiger partial charge in [0.05, 0.1) is 20.3 Å². The zero-order chi connectivity index (χ0) is 17.5. The second-order valence-electron chi connectivity index (χ2n) is 5.29. The van der Waals surface area contributed by atoms with Gasteiger partial charge in [0.25, 0.3) is 0 Å². The van der Waals surface area contributed by atoms with Crippen molar-refractivity contribution in [3.63, 3.8) is 0 Å². The molecule has 0 aliphatic heterocycles. The molecule has 0 radical (unpaired) electrons. The molecule has 0 aliphatic rings.